The second-order valence-electron chi connectivity index (χ2n) is 16.9. The highest BCUT2D eigenvalue weighted by Crippen LogP contribution is 2.69. The van der Waals surface area contributed by atoms with Crippen molar-refractivity contribution in [3.05, 3.63) is 0 Å². The minimum Gasteiger partial charge on any atom is -0.393 e. The van der Waals surface area contributed by atoms with E-state index in [1.807, 2.05) is 6.92 Å². The molecule has 0 aromatic carbocycles. The molecule has 0 saturated heterocycles. The van der Waals surface area contributed by atoms with Gasteiger partial charge in [0.05, 0.1) is 12.2 Å². The molecule has 0 spiro atoms. The molecule has 212 valence electrons. The van der Waals surface area contributed by atoms with Crippen molar-refractivity contribution in [1.82, 2.24) is 0 Å². The average Bonchev–Trinajstić information content (AvgIpc) is 2.64. The van der Waals surface area contributed by atoms with Crippen molar-refractivity contribution in [1.29, 1.82) is 0 Å². The fourth-order valence-electron chi connectivity index (χ4n) is 6.77. The molecule has 1 N–H and O–H groups in total. The van der Waals surface area contributed by atoms with Crippen LogP contribution in [0.3, 0.4) is 0 Å². The Labute approximate surface area is 236 Å². The highest BCUT2D eigenvalue weighted by molar-refractivity contribution is 14.1. The van der Waals surface area contributed by atoms with E-state index in [4.69, 9.17) is 3.07 Å². The van der Waals surface area contributed by atoms with Crippen LogP contribution >= 0.6 is 23.0 Å². The summed E-state index contributed by atoms with van der Waals surface area (Å²) in [5, 5.41) is 10.8. The predicted octanol–water partition coefficient (Wildman–Crippen LogP) is 10.7. The van der Waals surface area contributed by atoms with Gasteiger partial charge in [-0.05, 0) is 69.0 Å². The Balaban J connectivity index is 6.63. The van der Waals surface area contributed by atoms with Crippen LogP contribution < -0.4 is 0 Å². The molecule has 35 heavy (non-hydrogen) atoms. The lowest BCUT2D eigenvalue weighted by molar-refractivity contribution is -0.187. The molecule has 0 amide bonds. The van der Waals surface area contributed by atoms with E-state index in [1.54, 1.807) is 0 Å². The minimum atomic E-state index is -0.379. The van der Waals surface area contributed by atoms with Crippen LogP contribution in [0.2, 0.25) is 0 Å². The second kappa shape index (κ2) is 10.00. The molecule has 0 aliphatic rings. The second-order valence-corrected chi connectivity index (χ2v) is 17.4. The van der Waals surface area contributed by atoms with Crippen LogP contribution in [-0.2, 0) is 3.07 Å². The van der Waals surface area contributed by atoms with Crippen molar-refractivity contribution in [2.24, 2.45) is 48.7 Å². The molecule has 0 aliphatic carbocycles. The minimum absolute atomic E-state index is 0.00127. The Hall–Kier alpha value is 0.650. The summed E-state index contributed by atoms with van der Waals surface area (Å²) in [6, 6.07) is 0. The molecule has 0 aromatic heterocycles. The topological polar surface area (TPSA) is 29.5 Å². The Bertz CT molecular complexity index is 718. The van der Waals surface area contributed by atoms with Gasteiger partial charge in [0.2, 0.25) is 0 Å². The van der Waals surface area contributed by atoms with Gasteiger partial charge in [0.15, 0.2) is 0 Å². The quantitative estimate of drug-likeness (QED) is 0.223. The molecule has 2 atom stereocenters. The number of hydrogen-bond donors (Lipinski definition) is 1. The molecular formula is C32H65IO2. The first-order valence-electron chi connectivity index (χ1n) is 13.8. The lowest BCUT2D eigenvalue weighted by Crippen LogP contribution is -2.60. The first-order chi connectivity index (χ1) is 14.9. The van der Waals surface area contributed by atoms with Crippen molar-refractivity contribution in [3.8, 4) is 0 Å². The van der Waals surface area contributed by atoms with Crippen molar-refractivity contribution in [3.63, 3.8) is 0 Å². The average molecular weight is 609 g/mol. The fourth-order valence-corrected chi connectivity index (χ4v) is 7.41. The fraction of sp³-hybridized carbons (Fsp3) is 1.00. The third kappa shape index (κ3) is 5.28. The maximum Gasteiger partial charge on any atom is 0.110 e. The normalized spacial score (nSPS) is 18.0. The van der Waals surface area contributed by atoms with E-state index in [2.05, 4.69) is 155 Å². The van der Waals surface area contributed by atoms with E-state index in [9.17, 15) is 5.11 Å². The van der Waals surface area contributed by atoms with E-state index < -0.39 is 0 Å². The third-order valence-electron chi connectivity index (χ3n) is 14.4. The molecule has 0 saturated carbocycles. The molecule has 3 heteroatoms. The van der Waals surface area contributed by atoms with Gasteiger partial charge in [0.1, 0.15) is 23.0 Å². The number of hydrogen-bond acceptors (Lipinski definition) is 2. The van der Waals surface area contributed by atoms with Gasteiger partial charge in [-0.25, -0.2) is 0 Å². The van der Waals surface area contributed by atoms with Gasteiger partial charge in [0, 0.05) is 0 Å². The maximum absolute atomic E-state index is 10.8. The summed E-state index contributed by atoms with van der Waals surface area (Å²) in [4.78, 5) is 0. The first kappa shape index (κ1) is 35.6. The molecule has 2 nitrogen and oxygen atoms in total. The van der Waals surface area contributed by atoms with E-state index in [0.717, 1.165) is 6.42 Å². The largest absolute Gasteiger partial charge is 0.393 e. The van der Waals surface area contributed by atoms with E-state index in [0.29, 0.717) is 0 Å². The van der Waals surface area contributed by atoms with Gasteiger partial charge < -0.3 is 8.17 Å². The summed E-state index contributed by atoms with van der Waals surface area (Å²) in [5.41, 5.74) is -0.172. The van der Waals surface area contributed by atoms with Crippen LogP contribution in [0.4, 0.5) is 0 Å². The number of aliphatic hydroxyl groups is 1. The zero-order chi connectivity index (χ0) is 29.1. The number of rotatable bonds is 12. The zero-order valence-electron chi connectivity index (χ0n) is 27.6. The van der Waals surface area contributed by atoms with Gasteiger partial charge in [0.25, 0.3) is 0 Å². The lowest BCUT2D eigenvalue weighted by atomic mass is 9.39. The highest BCUT2D eigenvalue weighted by Gasteiger charge is 2.62. The lowest BCUT2D eigenvalue weighted by Gasteiger charge is -2.66. The van der Waals surface area contributed by atoms with Crippen LogP contribution in [0.25, 0.3) is 0 Å². The summed E-state index contributed by atoms with van der Waals surface area (Å²) >= 11 is 2.07. The van der Waals surface area contributed by atoms with Crippen LogP contribution in [-0.4, -0.2) is 17.3 Å². The summed E-state index contributed by atoms with van der Waals surface area (Å²) in [5.74, 6) is 0. The van der Waals surface area contributed by atoms with Crippen molar-refractivity contribution >= 4 is 23.0 Å². The molecule has 0 radical (unpaired) electrons. The maximum atomic E-state index is 10.8. The van der Waals surface area contributed by atoms with Crippen LogP contribution in [0.5, 0.6) is 0 Å². The predicted molar refractivity (Wildman–Crippen MR) is 165 cm³/mol. The third-order valence-corrected chi connectivity index (χ3v) is 15.1. The number of aliphatic hydroxyl groups excluding tert-OH is 1. The van der Waals surface area contributed by atoms with Crippen LogP contribution in [0.1, 0.15) is 145 Å². The SMILES string of the molecule is CC(OI)C(C)(C)C(C)(C)C(C)(C)C(C)(C)CC(C)(C)C(C)(C)C(C)(C)C(C)(C)C(C)(C)C(C)O. The van der Waals surface area contributed by atoms with Crippen molar-refractivity contribution < 1.29 is 8.17 Å². The van der Waals surface area contributed by atoms with Crippen LogP contribution in [0, 0.1) is 48.7 Å². The van der Waals surface area contributed by atoms with Gasteiger partial charge in [-0.1, -0.05) is 125 Å². The van der Waals surface area contributed by atoms with E-state index in [-0.39, 0.29) is 60.9 Å². The molecule has 0 fully saturated rings. The standard InChI is InChI=1S/C32H65IO2/c1-22(34)26(7,8)30(15,16)32(19,20)29(13,14)25(5,6)21-24(3,4)28(11,12)31(17,18)27(9,10)23(2)35-33/h22-23,34H,21H2,1-20H3. The summed E-state index contributed by atoms with van der Waals surface area (Å²) in [6.45, 7) is 47.7. The summed E-state index contributed by atoms with van der Waals surface area (Å²) in [7, 11) is 0. The highest BCUT2D eigenvalue weighted by atomic mass is 127. The smallest absolute Gasteiger partial charge is 0.110 e. The first-order valence-corrected chi connectivity index (χ1v) is 14.7. The molecule has 0 rings (SSSR count). The van der Waals surface area contributed by atoms with E-state index in [1.165, 1.54) is 0 Å². The van der Waals surface area contributed by atoms with Gasteiger partial charge in [-0.2, -0.15) is 0 Å². The number of halogens is 1. The summed E-state index contributed by atoms with van der Waals surface area (Å²) < 4.78 is 5.85. The van der Waals surface area contributed by atoms with E-state index >= 15 is 0 Å². The Morgan fingerprint density at radius 1 is 0.514 bits per heavy atom. The van der Waals surface area contributed by atoms with Gasteiger partial charge in [-0.15, -0.1) is 0 Å². The molecular weight excluding hydrogens is 543 g/mol. The Morgan fingerprint density at radius 2 is 0.800 bits per heavy atom. The van der Waals surface area contributed by atoms with Crippen molar-refractivity contribution in [2.75, 3.05) is 0 Å². The molecule has 0 bridgehead atoms. The molecule has 0 heterocycles. The monoisotopic (exact) mass is 608 g/mol. The Morgan fingerprint density at radius 3 is 1.09 bits per heavy atom. The molecule has 0 aromatic rings. The Kier molecular flexibility index (Phi) is 10.2. The molecule has 0 aliphatic heterocycles. The van der Waals surface area contributed by atoms with Crippen LogP contribution in [0.15, 0.2) is 0 Å². The summed E-state index contributed by atoms with van der Waals surface area (Å²) in [6.07, 6.45) is 0.879. The van der Waals surface area contributed by atoms with Gasteiger partial charge >= 0.3 is 0 Å². The van der Waals surface area contributed by atoms with Gasteiger partial charge in [-0.3, -0.25) is 0 Å². The molecule has 2 unspecified atom stereocenters. The van der Waals surface area contributed by atoms with Crippen molar-refractivity contribution in [2.45, 2.75) is 157 Å². The zero-order valence-corrected chi connectivity index (χ0v) is 29.8.